The van der Waals surface area contributed by atoms with Crippen LogP contribution in [0.15, 0.2) is 29.6 Å². The number of aryl methyl sites for hydroxylation is 1. The zero-order valence-electron chi connectivity index (χ0n) is 13.6. The van der Waals surface area contributed by atoms with Crippen LogP contribution in [0.4, 0.5) is 10.5 Å². The Morgan fingerprint density at radius 1 is 1.38 bits per heavy atom. The summed E-state index contributed by atoms with van der Waals surface area (Å²) in [4.78, 5) is 18.6. The zero-order valence-corrected chi connectivity index (χ0v) is 15.2. The number of urea groups is 1. The Morgan fingerprint density at radius 2 is 2.17 bits per heavy atom. The number of hydrogen-bond donors (Lipinski definition) is 2. The van der Waals surface area contributed by atoms with Crippen LogP contribution in [0.5, 0.6) is 0 Å². The largest absolute Gasteiger partial charge is 0.371 e. The van der Waals surface area contributed by atoms with Gasteiger partial charge in [0.05, 0.1) is 17.2 Å². The Balaban J connectivity index is 1.39. The van der Waals surface area contributed by atoms with Gasteiger partial charge in [0.1, 0.15) is 0 Å². The molecule has 0 unspecified atom stereocenters. The SMILES string of the molecule is Cc1nc(CNC(=O)NC[C@@H]2CCN(c3ccc(Cl)cc3)C2)cs1. The summed E-state index contributed by atoms with van der Waals surface area (Å²) in [6.45, 7) is 5.07. The van der Waals surface area contributed by atoms with Gasteiger partial charge >= 0.3 is 6.03 Å². The summed E-state index contributed by atoms with van der Waals surface area (Å²) >= 11 is 7.52. The van der Waals surface area contributed by atoms with E-state index in [0.717, 1.165) is 35.2 Å². The van der Waals surface area contributed by atoms with Gasteiger partial charge in [-0.25, -0.2) is 9.78 Å². The molecule has 0 bridgehead atoms. The number of aromatic nitrogens is 1. The number of carbonyl (C=O) groups excluding carboxylic acids is 1. The molecule has 2 N–H and O–H groups in total. The lowest BCUT2D eigenvalue weighted by atomic mass is 10.1. The third-order valence-corrected chi connectivity index (χ3v) is 5.20. The number of halogens is 1. The molecule has 0 spiro atoms. The number of amides is 2. The van der Waals surface area contributed by atoms with E-state index in [2.05, 4.69) is 20.5 Å². The number of thiazole rings is 1. The molecule has 3 rings (SSSR count). The number of benzene rings is 1. The minimum Gasteiger partial charge on any atom is -0.371 e. The number of rotatable bonds is 5. The third-order valence-electron chi connectivity index (χ3n) is 4.13. The van der Waals surface area contributed by atoms with Crippen LogP contribution >= 0.6 is 22.9 Å². The monoisotopic (exact) mass is 364 g/mol. The first kappa shape index (κ1) is 17.0. The highest BCUT2D eigenvalue weighted by Gasteiger charge is 2.23. The molecule has 7 heteroatoms. The van der Waals surface area contributed by atoms with Crippen molar-refractivity contribution in [2.45, 2.75) is 19.9 Å². The molecule has 1 atom stereocenters. The van der Waals surface area contributed by atoms with Crippen LogP contribution in [-0.4, -0.2) is 30.6 Å². The molecule has 2 aromatic rings. The summed E-state index contributed by atoms with van der Waals surface area (Å²) in [5.41, 5.74) is 2.09. The quantitative estimate of drug-likeness (QED) is 0.854. The summed E-state index contributed by atoms with van der Waals surface area (Å²) in [6, 6.07) is 7.78. The first-order chi connectivity index (χ1) is 11.6. The van der Waals surface area contributed by atoms with Gasteiger partial charge in [0.2, 0.25) is 0 Å². The van der Waals surface area contributed by atoms with E-state index in [0.29, 0.717) is 19.0 Å². The van der Waals surface area contributed by atoms with Gasteiger partial charge in [0, 0.05) is 35.7 Å². The van der Waals surface area contributed by atoms with Gasteiger partial charge in [-0.1, -0.05) is 11.6 Å². The molecule has 0 radical (unpaired) electrons. The van der Waals surface area contributed by atoms with E-state index in [9.17, 15) is 4.79 Å². The Morgan fingerprint density at radius 3 is 2.88 bits per heavy atom. The summed E-state index contributed by atoms with van der Waals surface area (Å²) in [5, 5.41) is 9.55. The van der Waals surface area contributed by atoms with Crippen molar-refractivity contribution in [3.63, 3.8) is 0 Å². The van der Waals surface area contributed by atoms with Crippen LogP contribution in [-0.2, 0) is 6.54 Å². The van der Waals surface area contributed by atoms with Crippen molar-refractivity contribution in [3.8, 4) is 0 Å². The van der Waals surface area contributed by atoms with Gasteiger partial charge in [-0.15, -0.1) is 11.3 Å². The van der Waals surface area contributed by atoms with Gasteiger partial charge in [0.15, 0.2) is 0 Å². The van der Waals surface area contributed by atoms with Crippen LogP contribution in [0.3, 0.4) is 0 Å². The molecule has 1 saturated heterocycles. The Hall–Kier alpha value is -1.79. The molecule has 1 aliphatic rings. The maximum absolute atomic E-state index is 11.9. The maximum Gasteiger partial charge on any atom is 0.315 e. The topological polar surface area (TPSA) is 57.3 Å². The van der Waals surface area contributed by atoms with E-state index < -0.39 is 0 Å². The Labute approximate surface area is 151 Å². The molecule has 24 heavy (non-hydrogen) atoms. The minimum atomic E-state index is -0.134. The first-order valence-electron chi connectivity index (χ1n) is 8.03. The summed E-state index contributed by atoms with van der Waals surface area (Å²) in [5.74, 6) is 0.466. The third kappa shape index (κ3) is 4.61. The van der Waals surface area contributed by atoms with Crippen molar-refractivity contribution in [1.82, 2.24) is 15.6 Å². The summed E-state index contributed by atoms with van der Waals surface area (Å²) < 4.78 is 0. The molecular formula is C17H21ClN4OS. The lowest BCUT2D eigenvalue weighted by molar-refractivity contribution is 0.239. The fourth-order valence-corrected chi connectivity index (χ4v) is 3.58. The van der Waals surface area contributed by atoms with Crippen molar-refractivity contribution in [3.05, 3.63) is 45.4 Å². The number of carbonyl (C=O) groups is 1. The molecule has 1 aromatic heterocycles. The molecule has 2 heterocycles. The molecule has 1 aromatic carbocycles. The van der Waals surface area contributed by atoms with Crippen LogP contribution in [0, 0.1) is 12.8 Å². The number of hydrogen-bond acceptors (Lipinski definition) is 4. The molecule has 0 aliphatic carbocycles. The molecule has 2 amide bonds. The second kappa shape index (κ2) is 7.85. The van der Waals surface area contributed by atoms with E-state index in [1.165, 1.54) is 5.69 Å². The second-order valence-electron chi connectivity index (χ2n) is 6.00. The average molecular weight is 365 g/mol. The average Bonchev–Trinajstić information content (AvgIpc) is 3.21. The molecule has 5 nitrogen and oxygen atoms in total. The predicted molar refractivity (Wildman–Crippen MR) is 98.9 cm³/mol. The summed E-state index contributed by atoms with van der Waals surface area (Å²) in [7, 11) is 0. The minimum absolute atomic E-state index is 0.134. The highest BCUT2D eigenvalue weighted by Crippen LogP contribution is 2.24. The molecule has 128 valence electrons. The number of nitrogens with one attached hydrogen (secondary N) is 2. The van der Waals surface area contributed by atoms with Crippen molar-refractivity contribution in [2.24, 2.45) is 5.92 Å². The predicted octanol–water partition coefficient (Wildman–Crippen LogP) is 3.43. The van der Waals surface area contributed by atoms with Crippen molar-refractivity contribution in [1.29, 1.82) is 0 Å². The molecule has 1 aliphatic heterocycles. The van der Waals surface area contributed by atoms with E-state index in [1.54, 1.807) is 11.3 Å². The normalized spacial score (nSPS) is 17.1. The van der Waals surface area contributed by atoms with E-state index in [1.807, 2.05) is 36.6 Å². The molecule has 1 fully saturated rings. The summed E-state index contributed by atoms with van der Waals surface area (Å²) in [6.07, 6.45) is 1.08. The highest BCUT2D eigenvalue weighted by molar-refractivity contribution is 7.09. The van der Waals surface area contributed by atoms with Gasteiger partial charge in [-0.3, -0.25) is 0 Å². The fraction of sp³-hybridized carbons (Fsp3) is 0.412. The molecule has 0 saturated carbocycles. The Kier molecular flexibility index (Phi) is 5.58. The first-order valence-corrected chi connectivity index (χ1v) is 9.29. The Bertz CT molecular complexity index is 688. The van der Waals surface area contributed by atoms with Crippen LogP contribution in [0.1, 0.15) is 17.1 Å². The van der Waals surface area contributed by atoms with Crippen LogP contribution in [0.2, 0.25) is 5.02 Å². The number of anilines is 1. The van der Waals surface area contributed by atoms with E-state index in [-0.39, 0.29) is 6.03 Å². The second-order valence-corrected chi connectivity index (χ2v) is 7.50. The van der Waals surface area contributed by atoms with Gasteiger partial charge in [-0.2, -0.15) is 0 Å². The van der Waals surface area contributed by atoms with Crippen LogP contribution in [0.25, 0.3) is 0 Å². The van der Waals surface area contributed by atoms with Gasteiger partial charge < -0.3 is 15.5 Å². The standard InChI is InChI=1S/C17H21ClN4OS/c1-12-21-15(11-24-12)9-20-17(23)19-8-13-6-7-22(10-13)16-4-2-14(18)3-5-16/h2-5,11,13H,6-10H2,1H3,(H2,19,20,23)/t13-/m0/s1. The number of nitrogens with zero attached hydrogens (tertiary/aromatic N) is 2. The zero-order chi connectivity index (χ0) is 16.9. The smallest absolute Gasteiger partial charge is 0.315 e. The van der Waals surface area contributed by atoms with Gasteiger partial charge in [-0.05, 0) is 43.5 Å². The molecular weight excluding hydrogens is 344 g/mol. The van der Waals surface area contributed by atoms with Gasteiger partial charge in [0.25, 0.3) is 0 Å². The highest BCUT2D eigenvalue weighted by atomic mass is 35.5. The van der Waals surface area contributed by atoms with Crippen LogP contribution < -0.4 is 15.5 Å². The maximum atomic E-state index is 11.9. The van der Waals surface area contributed by atoms with Crippen molar-refractivity contribution < 1.29 is 4.79 Å². The lowest BCUT2D eigenvalue weighted by Gasteiger charge is -2.19. The van der Waals surface area contributed by atoms with Crippen molar-refractivity contribution in [2.75, 3.05) is 24.5 Å². The lowest BCUT2D eigenvalue weighted by Crippen LogP contribution is -2.38. The van der Waals surface area contributed by atoms with Crippen molar-refractivity contribution >= 4 is 34.7 Å². The fourth-order valence-electron chi connectivity index (χ4n) is 2.85. The van der Waals surface area contributed by atoms with E-state index in [4.69, 9.17) is 11.6 Å². The van der Waals surface area contributed by atoms with E-state index >= 15 is 0 Å².